The monoisotopic (exact) mass is 637 g/mol. The van der Waals surface area contributed by atoms with Gasteiger partial charge in [0.15, 0.2) is 0 Å². The lowest BCUT2D eigenvalue weighted by Gasteiger charge is -2.53. The number of H-pyrrole nitrogens is 1. The van der Waals surface area contributed by atoms with Gasteiger partial charge in [0.05, 0.1) is 17.6 Å². The average Bonchev–Trinajstić information content (AvgIpc) is 3.47. The van der Waals surface area contributed by atoms with Gasteiger partial charge in [0.25, 0.3) is 0 Å². The van der Waals surface area contributed by atoms with E-state index in [-0.39, 0.29) is 36.1 Å². The molecule has 1 unspecified atom stereocenters. The number of amides is 3. The highest BCUT2D eigenvalue weighted by atomic mass is 16.5. The summed E-state index contributed by atoms with van der Waals surface area (Å²) in [6.07, 6.45) is 10.1. The number of fused-ring (bicyclic) bond motifs is 2. The van der Waals surface area contributed by atoms with Crippen LogP contribution in [-0.2, 0) is 20.7 Å². The van der Waals surface area contributed by atoms with Crippen molar-refractivity contribution in [2.24, 2.45) is 29.6 Å². The molecule has 6 aliphatic rings. The van der Waals surface area contributed by atoms with Gasteiger partial charge in [-0.05, 0) is 105 Å². The van der Waals surface area contributed by atoms with Crippen LogP contribution in [0.1, 0.15) is 57.4 Å². The number of aromatic nitrogens is 1. The van der Waals surface area contributed by atoms with E-state index in [0.29, 0.717) is 30.5 Å². The molecule has 9 rings (SSSR count). The number of carbonyl (C=O) groups excluding carboxylic acids is 3. The van der Waals surface area contributed by atoms with E-state index in [9.17, 15) is 14.4 Å². The molecule has 4 aliphatic carbocycles. The zero-order chi connectivity index (χ0) is 32.4. The highest BCUT2D eigenvalue weighted by molar-refractivity contribution is 6.17. The fraction of sp³-hybridized carbons (Fsp3) is 0.553. The van der Waals surface area contributed by atoms with Gasteiger partial charge in [0.2, 0.25) is 5.91 Å². The number of benzene rings is 2. The minimum Gasteiger partial charge on any atom is -0.461 e. The SMILES string of the molecule is C[C@H]1C(=O)N(c2ccc(N(C)C)cc2)C(=O)N2CCC[C@@H](N[C@@H](Cc3c[nH]c4ccccc34)C(=O)OC3C4CC5CC(C4)CC3C5)C12. The number of imide groups is 1. The summed E-state index contributed by atoms with van der Waals surface area (Å²) in [5.74, 6) is 1.71. The molecule has 1 aromatic heterocycles. The Morgan fingerprint density at radius 1 is 1.00 bits per heavy atom. The number of aromatic amines is 1. The standard InChI is InChI=1S/C38H47N5O4/c1-22-34-32(9-6-14-42(34)38(46)43(36(22)44)29-12-10-28(11-13-29)41(2)3)40-33(20-27-21-39-31-8-5-4-7-30(27)31)37(45)47-35-25-16-23-15-24(18-25)19-26(35)17-23/h4-5,7-8,10-13,21-26,32-35,39-40H,6,9,14-20H2,1-3H3/t22-,23?,24?,25?,26?,32-,33+,34?,35?/m1/s1. The van der Waals surface area contributed by atoms with Gasteiger partial charge in [-0.3, -0.25) is 14.9 Å². The van der Waals surface area contributed by atoms with Crippen LogP contribution < -0.4 is 15.1 Å². The Balaban J connectivity index is 1.05. The van der Waals surface area contributed by atoms with Crippen molar-refractivity contribution in [3.8, 4) is 0 Å². The zero-order valence-corrected chi connectivity index (χ0v) is 27.7. The largest absolute Gasteiger partial charge is 0.461 e. The van der Waals surface area contributed by atoms with E-state index < -0.39 is 12.0 Å². The van der Waals surface area contributed by atoms with Gasteiger partial charge in [-0.2, -0.15) is 0 Å². The summed E-state index contributed by atoms with van der Waals surface area (Å²) < 4.78 is 6.53. The molecule has 2 saturated heterocycles. The number of carbonyl (C=O) groups is 3. The van der Waals surface area contributed by atoms with Gasteiger partial charge in [0.1, 0.15) is 12.1 Å². The lowest BCUT2D eigenvalue weighted by molar-refractivity contribution is -0.173. The molecule has 2 aromatic carbocycles. The average molecular weight is 638 g/mol. The van der Waals surface area contributed by atoms with Gasteiger partial charge in [0, 0.05) is 55.9 Å². The maximum atomic E-state index is 14.3. The Hall–Kier alpha value is -3.85. The van der Waals surface area contributed by atoms with Crippen molar-refractivity contribution in [3.05, 3.63) is 60.3 Å². The van der Waals surface area contributed by atoms with Crippen LogP contribution in [0.25, 0.3) is 10.9 Å². The minimum atomic E-state index is -0.592. The Morgan fingerprint density at radius 3 is 2.40 bits per heavy atom. The first-order valence-electron chi connectivity index (χ1n) is 17.7. The molecule has 4 saturated carbocycles. The van der Waals surface area contributed by atoms with E-state index in [1.807, 2.05) is 79.5 Å². The first-order valence-corrected chi connectivity index (χ1v) is 17.7. The normalized spacial score (nSPS) is 32.1. The fourth-order valence-corrected chi connectivity index (χ4v) is 10.0. The summed E-state index contributed by atoms with van der Waals surface area (Å²) in [5, 5.41) is 4.81. The summed E-state index contributed by atoms with van der Waals surface area (Å²) >= 11 is 0. The number of anilines is 2. The van der Waals surface area contributed by atoms with Crippen molar-refractivity contribution in [2.45, 2.75) is 82.5 Å². The molecule has 2 N–H and O–H groups in total. The van der Waals surface area contributed by atoms with Crippen molar-refractivity contribution >= 4 is 40.2 Å². The smallest absolute Gasteiger partial charge is 0.331 e. The Labute approximate surface area is 277 Å². The van der Waals surface area contributed by atoms with Crippen LogP contribution in [0.2, 0.25) is 0 Å². The number of hydrogen-bond donors (Lipinski definition) is 2. The molecule has 4 bridgehead atoms. The topological polar surface area (TPSA) is 98.0 Å². The highest BCUT2D eigenvalue weighted by Crippen LogP contribution is 2.54. The molecule has 2 aliphatic heterocycles. The number of esters is 1. The third-order valence-electron chi connectivity index (χ3n) is 12.1. The molecular formula is C38H47N5O4. The lowest BCUT2D eigenvalue weighted by Crippen LogP contribution is -2.69. The van der Waals surface area contributed by atoms with Gasteiger partial charge >= 0.3 is 12.0 Å². The lowest BCUT2D eigenvalue weighted by atomic mass is 9.55. The number of piperidine rings is 1. The minimum absolute atomic E-state index is 0.00498. The van der Waals surface area contributed by atoms with Crippen molar-refractivity contribution in [1.82, 2.24) is 15.2 Å². The van der Waals surface area contributed by atoms with E-state index in [1.54, 1.807) is 0 Å². The Kier molecular flexibility index (Phi) is 7.78. The highest BCUT2D eigenvalue weighted by Gasteiger charge is 2.52. The second-order valence-electron chi connectivity index (χ2n) is 15.2. The quantitative estimate of drug-likeness (QED) is 0.306. The molecular weight excluding hydrogens is 590 g/mol. The molecule has 0 radical (unpaired) electrons. The van der Waals surface area contributed by atoms with Crippen molar-refractivity contribution in [1.29, 1.82) is 0 Å². The number of nitrogens with one attached hydrogen (secondary N) is 2. The molecule has 0 spiro atoms. The first-order chi connectivity index (χ1) is 22.7. The number of rotatable bonds is 8. The summed E-state index contributed by atoms with van der Waals surface area (Å²) in [4.78, 5) is 50.8. The number of urea groups is 1. The molecule has 3 amide bonds. The molecule has 3 aromatic rings. The van der Waals surface area contributed by atoms with Gasteiger partial charge in [-0.15, -0.1) is 0 Å². The first kappa shape index (κ1) is 30.5. The molecule has 9 heteroatoms. The predicted octanol–water partition coefficient (Wildman–Crippen LogP) is 5.74. The number of nitrogens with zero attached hydrogens (tertiary/aromatic N) is 3. The number of ether oxygens (including phenoxy) is 1. The fourth-order valence-electron chi connectivity index (χ4n) is 10.0. The van der Waals surface area contributed by atoms with Crippen LogP contribution in [0.5, 0.6) is 0 Å². The Bertz CT molecular complexity index is 1640. The molecule has 9 nitrogen and oxygen atoms in total. The van der Waals surface area contributed by atoms with E-state index in [0.717, 1.165) is 46.8 Å². The van der Waals surface area contributed by atoms with E-state index >= 15 is 0 Å². The Morgan fingerprint density at radius 2 is 1.70 bits per heavy atom. The van der Waals surface area contributed by atoms with Gasteiger partial charge in [-0.25, -0.2) is 9.69 Å². The van der Waals surface area contributed by atoms with Crippen LogP contribution in [-0.4, -0.2) is 72.7 Å². The predicted molar refractivity (Wildman–Crippen MR) is 182 cm³/mol. The number of para-hydroxylation sites is 1. The van der Waals surface area contributed by atoms with Gasteiger partial charge < -0.3 is 19.5 Å². The van der Waals surface area contributed by atoms with Crippen LogP contribution in [0.4, 0.5) is 16.2 Å². The summed E-state index contributed by atoms with van der Waals surface area (Å²) in [6, 6.07) is 14.3. The summed E-state index contributed by atoms with van der Waals surface area (Å²) in [7, 11) is 3.93. The van der Waals surface area contributed by atoms with Crippen LogP contribution >= 0.6 is 0 Å². The maximum Gasteiger partial charge on any atom is 0.331 e. The van der Waals surface area contributed by atoms with Crippen molar-refractivity contribution in [2.75, 3.05) is 30.4 Å². The van der Waals surface area contributed by atoms with E-state index in [4.69, 9.17) is 4.74 Å². The molecule has 4 atom stereocenters. The van der Waals surface area contributed by atoms with E-state index in [2.05, 4.69) is 16.4 Å². The van der Waals surface area contributed by atoms with Crippen LogP contribution in [0, 0.1) is 29.6 Å². The zero-order valence-electron chi connectivity index (χ0n) is 27.7. The molecule has 6 fully saturated rings. The molecule has 248 valence electrons. The second kappa shape index (κ2) is 12.0. The van der Waals surface area contributed by atoms with Crippen LogP contribution in [0.15, 0.2) is 54.7 Å². The molecule has 47 heavy (non-hydrogen) atoms. The summed E-state index contributed by atoms with van der Waals surface area (Å²) in [6.45, 7) is 2.51. The third-order valence-corrected chi connectivity index (χ3v) is 12.1. The van der Waals surface area contributed by atoms with E-state index in [1.165, 1.54) is 37.0 Å². The van der Waals surface area contributed by atoms with Crippen molar-refractivity contribution < 1.29 is 19.1 Å². The number of hydrogen-bond acceptors (Lipinski definition) is 6. The van der Waals surface area contributed by atoms with Crippen LogP contribution in [0.3, 0.4) is 0 Å². The molecule has 3 heterocycles. The second-order valence-corrected chi connectivity index (χ2v) is 15.2. The summed E-state index contributed by atoms with van der Waals surface area (Å²) in [5.41, 5.74) is 3.68. The maximum absolute atomic E-state index is 14.3. The van der Waals surface area contributed by atoms with Crippen molar-refractivity contribution in [3.63, 3.8) is 0 Å². The van der Waals surface area contributed by atoms with Gasteiger partial charge in [-0.1, -0.05) is 25.1 Å². The third kappa shape index (κ3) is 5.40.